The third-order valence-electron chi connectivity index (χ3n) is 4.00. The predicted octanol–water partition coefficient (Wildman–Crippen LogP) is 1.48. The first-order chi connectivity index (χ1) is 9.58. The minimum Gasteiger partial charge on any atom is -0.480 e. The van der Waals surface area contributed by atoms with E-state index in [0.717, 1.165) is 19.3 Å². The summed E-state index contributed by atoms with van der Waals surface area (Å²) in [5.74, 6) is -0.638. The van der Waals surface area contributed by atoms with Crippen molar-refractivity contribution in [3.63, 3.8) is 0 Å². The molecule has 0 aromatic carbocycles. The highest BCUT2D eigenvalue weighted by atomic mass is 16.4. The summed E-state index contributed by atoms with van der Waals surface area (Å²) in [6, 6.07) is -1.40. The van der Waals surface area contributed by atoms with E-state index in [4.69, 9.17) is 10.2 Å². The predicted molar refractivity (Wildman–Crippen MR) is 75.4 cm³/mol. The highest BCUT2D eigenvalue weighted by Gasteiger charge is 2.25. The van der Waals surface area contributed by atoms with Crippen LogP contribution in [0.3, 0.4) is 0 Å². The summed E-state index contributed by atoms with van der Waals surface area (Å²) >= 11 is 0. The van der Waals surface area contributed by atoms with Gasteiger partial charge in [0.05, 0.1) is 0 Å². The lowest BCUT2D eigenvalue weighted by atomic mass is 9.83. The molecule has 0 bridgehead atoms. The van der Waals surface area contributed by atoms with Crippen molar-refractivity contribution in [2.75, 3.05) is 6.61 Å². The van der Waals surface area contributed by atoms with Crippen molar-refractivity contribution < 1.29 is 19.8 Å². The van der Waals surface area contributed by atoms with Gasteiger partial charge in [0.15, 0.2) is 0 Å². The Kier molecular flexibility index (Phi) is 7.36. The number of aliphatic hydroxyl groups excluding tert-OH is 1. The summed E-state index contributed by atoms with van der Waals surface area (Å²) in [6.45, 7) is 1.76. The van der Waals surface area contributed by atoms with E-state index in [1.54, 1.807) is 0 Å². The second kappa shape index (κ2) is 8.79. The number of carbonyl (C=O) groups excluding carboxylic acids is 1. The molecule has 0 heterocycles. The molecule has 0 aliphatic heterocycles. The minimum absolute atomic E-state index is 0.0168. The maximum atomic E-state index is 11.9. The van der Waals surface area contributed by atoms with E-state index in [0.29, 0.717) is 5.92 Å². The quantitative estimate of drug-likeness (QED) is 0.569. The number of nitrogens with one attached hydrogen (secondary N) is 2. The van der Waals surface area contributed by atoms with Crippen LogP contribution in [0.4, 0.5) is 4.79 Å². The van der Waals surface area contributed by atoms with Gasteiger partial charge in [0.1, 0.15) is 6.04 Å². The molecule has 0 spiro atoms. The number of amides is 2. The van der Waals surface area contributed by atoms with E-state index in [1.807, 2.05) is 6.92 Å². The van der Waals surface area contributed by atoms with E-state index >= 15 is 0 Å². The molecule has 0 aromatic heterocycles. The van der Waals surface area contributed by atoms with Gasteiger partial charge in [-0.25, -0.2) is 9.59 Å². The van der Waals surface area contributed by atoms with E-state index < -0.39 is 18.0 Å². The number of rotatable bonds is 7. The molecule has 0 radical (unpaired) electrons. The van der Waals surface area contributed by atoms with Crippen LogP contribution in [0, 0.1) is 5.92 Å². The Bertz CT molecular complexity index is 316. The SMILES string of the molecule is CCC(NC(=O)N[C@H](CCO)C(=O)O)C1CCCCC1. The van der Waals surface area contributed by atoms with Crippen LogP contribution in [-0.2, 0) is 4.79 Å². The van der Waals surface area contributed by atoms with Crippen LogP contribution in [0.15, 0.2) is 0 Å². The summed E-state index contributed by atoms with van der Waals surface area (Å²) in [7, 11) is 0. The van der Waals surface area contributed by atoms with Crippen molar-refractivity contribution in [1.82, 2.24) is 10.6 Å². The van der Waals surface area contributed by atoms with Gasteiger partial charge in [-0.1, -0.05) is 26.2 Å². The topological polar surface area (TPSA) is 98.7 Å². The largest absolute Gasteiger partial charge is 0.480 e. The summed E-state index contributed by atoms with van der Waals surface area (Å²) in [5.41, 5.74) is 0. The Labute approximate surface area is 119 Å². The molecule has 1 aliphatic rings. The third-order valence-corrected chi connectivity index (χ3v) is 4.00. The lowest BCUT2D eigenvalue weighted by molar-refractivity contribution is -0.139. The van der Waals surface area contributed by atoms with Crippen LogP contribution in [-0.4, -0.2) is 40.9 Å². The van der Waals surface area contributed by atoms with E-state index in [-0.39, 0.29) is 19.1 Å². The average Bonchev–Trinajstić information content (AvgIpc) is 2.45. The molecule has 1 fully saturated rings. The second-order valence-corrected chi connectivity index (χ2v) is 5.43. The van der Waals surface area contributed by atoms with Gasteiger partial charge in [0.25, 0.3) is 0 Å². The molecule has 2 atom stereocenters. The first-order valence-electron chi connectivity index (χ1n) is 7.49. The Balaban J connectivity index is 2.47. The maximum absolute atomic E-state index is 11.9. The average molecular weight is 286 g/mol. The van der Waals surface area contributed by atoms with Gasteiger partial charge < -0.3 is 20.8 Å². The molecule has 20 heavy (non-hydrogen) atoms. The number of carbonyl (C=O) groups is 2. The fourth-order valence-electron chi connectivity index (χ4n) is 2.84. The molecule has 1 rings (SSSR count). The molecule has 116 valence electrons. The number of carboxylic acids is 1. The Morgan fingerprint density at radius 3 is 2.35 bits per heavy atom. The van der Waals surface area contributed by atoms with Crippen LogP contribution in [0.1, 0.15) is 51.9 Å². The molecule has 6 heteroatoms. The zero-order valence-electron chi connectivity index (χ0n) is 12.1. The lowest BCUT2D eigenvalue weighted by Crippen LogP contribution is -2.51. The summed E-state index contributed by atoms with van der Waals surface area (Å²) in [4.78, 5) is 22.8. The number of urea groups is 1. The molecule has 1 saturated carbocycles. The number of carboxylic acid groups (broad SMARTS) is 1. The summed E-state index contributed by atoms with van der Waals surface area (Å²) in [5, 5.41) is 23.0. The van der Waals surface area contributed by atoms with Crippen molar-refractivity contribution >= 4 is 12.0 Å². The monoisotopic (exact) mass is 286 g/mol. The Morgan fingerprint density at radius 1 is 1.20 bits per heavy atom. The highest BCUT2D eigenvalue weighted by molar-refractivity contribution is 5.82. The van der Waals surface area contributed by atoms with Crippen LogP contribution < -0.4 is 10.6 Å². The molecule has 0 aromatic rings. The molecule has 1 unspecified atom stereocenters. The first-order valence-corrected chi connectivity index (χ1v) is 7.49. The highest BCUT2D eigenvalue weighted by Crippen LogP contribution is 2.27. The standard InChI is InChI=1S/C14H26N2O4/c1-2-11(10-6-4-3-5-7-10)15-14(20)16-12(8-9-17)13(18)19/h10-12,17H,2-9H2,1H3,(H,18,19)(H2,15,16,20)/t11?,12-/m1/s1. The molecule has 0 saturated heterocycles. The van der Waals surface area contributed by atoms with Gasteiger partial charge in [0.2, 0.25) is 0 Å². The van der Waals surface area contributed by atoms with Gasteiger partial charge in [0, 0.05) is 19.1 Å². The van der Waals surface area contributed by atoms with E-state index in [2.05, 4.69) is 10.6 Å². The molecule has 1 aliphatic carbocycles. The van der Waals surface area contributed by atoms with Crippen molar-refractivity contribution in [1.29, 1.82) is 0 Å². The fraction of sp³-hybridized carbons (Fsp3) is 0.857. The molecule has 2 amide bonds. The number of aliphatic hydroxyl groups is 1. The Hall–Kier alpha value is -1.30. The first kappa shape index (κ1) is 16.8. The van der Waals surface area contributed by atoms with Gasteiger partial charge in [-0.2, -0.15) is 0 Å². The second-order valence-electron chi connectivity index (χ2n) is 5.43. The van der Waals surface area contributed by atoms with E-state index in [9.17, 15) is 9.59 Å². The van der Waals surface area contributed by atoms with E-state index in [1.165, 1.54) is 19.3 Å². The number of aliphatic carboxylic acids is 1. The van der Waals surface area contributed by atoms with Gasteiger partial charge >= 0.3 is 12.0 Å². The van der Waals surface area contributed by atoms with Gasteiger partial charge in [-0.3, -0.25) is 0 Å². The number of hydrogen-bond acceptors (Lipinski definition) is 3. The smallest absolute Gasteiger partial charge is 0.326 e. The van der Waals surface area contributed by atoms with Crippen LogP contribution in [0.2, 0.25) is 0 Å². The molecular formula is C14H26N2O4. The molecule has 6 nitrogen and oxygen atoms in total. The lowest BCUT2D eigenvalue weighted by Gasteiger charge is -2.30. The Morgan fingerprint density at radius 2 is 1.85 bits per heavy atom. The van der Waals surface area contributed by atoms with Crippen molar-refractivity contribution in [3.8, 4) is 0 Å². The maximum Gasteiger partial charge on any atom is 0.326 e. The molecule has 4 N–H and O–H groups in total. The zero-order chi connectivity index (χ0) is 15.0. The summed E-state index contributed by atoms with van der Waals surface area (Å²) in [6.07, 6.45) is 6.77. The van der Waals surface area contributed by atoms with Crippen molar-refractivity contribution in [3.05, 3.63) is 0 Å². The molecular weight excluding hydrogens is 260 g/mol. The van der Waals surface area contributed by atoms with Crippen molar-refractivity contribution in [2.45, 2.75) is 64.0 Å². The number of hydrogen-bond donors (Lipinski definition) is 4. The summed E-state index contributed by atoms with van der Waals surface area (Å²) < 4.78 is 0. The van der Waals surface area contributed by atoms with Crippen LogP contribution in [0.25, 0.3) is 0 Å². The van der Waals surface area contributed by atoms with Gasteiger partial charge in [-0.15, -0.1) is 0 Å². The van der Waals surface area contributed by atoms with Crippen LogP contribution in [0.5, 0.6) is 0 Å². The normalized spacial score (nSPS) is 19.1. The fourth-order valence-corrected chi connectivity index (χ4v) is 2.84. The van der Waals surface area contributed by atoms with Crippen LogP contribution >= 0.6 is 0 Å². The minimum atomic E-state index is -1.13. The third kappa shape index (κ3) is 5.36. The zero-order valence-corrected chi connectivity index (χ0v) is 12.1. The van der Waals surface area contributed by atoms with Crippen molar-refractivity contribution in [2.24, 2.45) is 5.92 Å². The van der Waals surface area contributed by atoms with Gasteiger partial charge in [-0.05, 0) is 25.2 Å².